The lowest BCUT2D eigenvalue weighted by atomic mass is 10.1. The molecule has 1 aromatic heterocycles. The third-order valence-electron chi connectivity index (χ3n) is 3.23. The summed E-state index contributed by atoms with van der Waals surface area (Å²) in [6, 6.07) is 2.48. The van der Waals surface area contributed by atoms with E-state index in [1.54, 1.807) is 0 Å². The number of rotatable bonds is 8. The van der Waals surface area contributed by atoms with Crippen molar-refractivity contribution in [3.8, 4) is 0 Å². The number of primary amides is 1. The van der Waals surface area contributed by atoms with E-state index >= 15 is 0 Å². The predicted molar refractivity (Wildman–Crippen MR) is 91.0 cm³/mol. The Hall–Kier alpha value is -3.47. The van der Waals surface area contributed by atoms with Crippen LogP contribution in [-0.2, 0) is 6.54 Å². The number of benzene rings is 1. The van der Waals surface area contributed by atoms with Gasteiger partial charge in [-0.15, -0.1) is 0 Å². The van der Waals surface area contributed by atoms with Crippen LogP contribution in [0.25, 0.3) is 0 Å². The highest BCUT2D eigenvalue weighted by Crippen LogP contribution is 2.31. The average molecular weight is 347 g/mol. The van der Waals surface area contributed by atoms with Crippen LogP contribution in [0, 0.1) is 10.1 Å². The number of nitro benzene ring substituents is 1. The number of nitrogens with one attached hydrogen (secondary N) is 2. The molecule has 1 amide bonds. The summed E-state index contributed by atoms with van der Waals surface area (Å²) in [5.41, 5.74) is 11.5. The van der Waals surface area contributed by atoms with Crippen LogP contribution in [-0.4, -0.2) is 39.1 Å². The Labute approximate surface area is 142 Å². The van der Waals surface area contributed by atoms with Crippen LogP contribution in [0.3, 0.4) is 0 Å². The summed E-state index contributed by atoms with van der Waals surface area (Å²) in [4.78, 5) is 29.9. The number of nitro groups is 1. The Morgan fingerprint density at radius 1 is 1.24 bits per heavy atom. The van der Waals surface area contributed by atoms with Gasteiger partial charge in [-0.05, 0) is 6.07 Å². The van der Waals surface area contributed by atoms with Crippen LogP contribution in [0.1, 0.15) is 15.9 Å². The number of carbonyl (C=O) groups is 1. The fourth-order valence-corrected chi connectivity index (χ4v) is 2.07. The van der Waals surface area contributed by atoms with Crippen LogP contribution < -0.4 is 22.1 Å². The molecule has 2 aromatic rings. The molecule has 0 fully saturated rings. The zero-order valence-corrected chi connectivity index (χ0v) is 13.1. The summed E-state index contributed by atoms with van der Waals surface area (Å²) in [5, 5.41) is 25.8. The molecule has 7 N–H and O–H groups in total. The second kappa shape index (κ2) is 7.88. The van der Waals surface area contributed by atoms with Crippen molar-refractivity contribution in [1.29, 1.82) is 0 Å². The molecule has 0 unspecified atom stereocenters. The third kappa shape index (κ3) is 4.51. The number of aromatic nitrogens is 2. The average Bonchev–Trinajstić information content (AvgIpc) is 2.58. The summed E-state index contributed by atoms with van der Waals surface area (Å²) in [6.45, 7) is 0.153. The molecule has 132 valence electrons. The largest absolute Gasteiger partial charge is 0.395 e. The highest BCUT2D eigenvalue weighted by Gasteiger charge is 2.20. The minimum atomic E-state index is -0.812. The van der Waals surface area contributed by atoms with Crippen molar-refractivity contribution in [1.82, 2.24) is 9.97 Å². The Morgan fingerprint density at radius 2 is 1.92 bits per heavy atom. The van der Waals surface area contributed by atoms with E-state index in [0.29, 0.717) is 11.3 Å². The van der Waals surface area contributed by atoms with Gasteiger partial charge in [0.15, 0.2) is 0 Å². The van der Waals surface area contributed by atoms with Gasteiger partial charge in [0.1, 0.15) is 5.69 Å². The molecule has 0 radical (unpaired) electrons. The van der Waals surface area contributed by atoms with E-state index < -0.39 is 10.8 Å². The summed E-state index contributed by atoms with van der Waals surface area (Å²) in [6.07, 6.45) is 3.02. The SMILES string of the molecule is NC(=O)c1cc([N+](=O)[O-])c(NCCO)cc1NCc1cnc(N)nc1. The monoisotopic (exact) mass is 347 g/mol. The zero-order valence-electron chi connectivity index (χ0n) is 13.1. The molecule has 0 saturated carbocycles. The fraction of sp³-hybridized carbons (Fsp3) is 0.214. The first-order chi connectivity index (χ1) is 11.9. The molecule has 0 spiro atoms. The van der Waals surface area contributed by atoms with E-state index in [9.17, 15) is 14.9 Å². The van der Waals surface area contributed by atoms with Gasteiger partial charge in [-0.25, -0.2) is 9.97 Å². The smallest absolute Gasteiger partial charge is 0.293 e. The van der Waals surface area contributed by atoms with Gasteiger partial charge in [-0.1, -0.05) is 0 Å². The third-order valence-corrected chi connectivity index (χ3v) is 3.23. The quantitative estimate of drug-likeness (QED) is 0.326. The maximum Gasteiger partial charge on any atom is 0.293 e. The van der Waals surface area contributed by atoms with Crippen LogP contribution in [0.5, 0.6) is 0 Å². The topological polar surface area (TPSA) is 182 Å². The predicted octanol–water partition coefficient (Wildman–Crippen LogP) is 0.0822. The molecule has 1 aromatic carbocycles. The van der Waals surface area contributed by atoms with Gasteiger partial charge in [0.05, 0.1) is 17.1 Å². The lowest BCUT2D eigenvalue weighted by Gasteiger charge is -2.13. The minimum absolute atomic E-state index is 0.0300. The lowest BCUT2D eigenvalue weighted by Crippen LogP contribution is -2.16. The Morgan fingerprint density at radius 3 is 2.48 bits per heavy atom. The second-order valence-electron chi connectivity index (χ2n) is 4.99. The molecule has 25 heavy (non-hydrogen) atoms. The summed E-state index contributed by atoms with van der Waals surface area (Å²) in [5.74, 6) is -0.680. The molecule has 1 heterocycles. The Kier molecular flexibility index (Phi) is 5.63. The molecule has 0 aliphatic carbocycles. The van der Waals surface area contributed by atoms with Crippen molar-refractivity contribution >= 4 is 28.9 Å². The highest BCUT2D eigenvalue weighted by atomic mass is 16.6. The van der Waals surface area contributed by atoms with Crippen molar-refractivity contribution in [2.45, 2.75) is 6.54 Å². The number of nitrogen functional groups attached to an aromatic ring is 1. The van der Waals surface area contributed by atoms with Gasteiger partial charge in [0, 0.05) is 42.8 Å². The van der Waals surface area contributed by atoms with Gasteiger partial charge in [0.25, 0.3) is 11.6 Å². The van der Waals surface area contributed by atoms with Gasteiger partial charge in [0.2, 0.25) is 5.95 Å². The number of hydrogen-bond donors (Lipinski definition) is 5. The van der Waals surface area contributed by atoms with Gasteiger partial charge >= 0.3 is 0 Å². The normalized spacial score (nSPS) is 10.3. The van der Waals surface area contributed by atoms with E-state index in [1.165, 1.54) is 18.5 Å². The van der Waals surface area contributed by atoms with Gasteiger partial charge < -0.3 is 27.2 Å². The minimum Gasteiger partial charge on any atom is -0.395 e. The van der Waals surface area contributed by atoms with E-state index in [0.717, 1.165) is 6.07 Å². The van der Waals surface area contributed by atoms with E-state index in [-0.39, 0.29) is 42.6 Å². The lowest BCUT2D eigenvalue weighted by molar-refractivity contribution is -0.384. The number of amides is 1. The van der Waals surface area contributed by atoms with Crippen LogP contribution in [0.15, 0.2) is 24.5 Å². The summed E-state index contributed by atoms with van der Waals surface area (Å²) in [7, 11) is 0. The number of aliphatic hydroxyl groups is 1. The molecular weight excluding hydrogens is 330 g/mol. The molecule has 0 aliphatic rings. The first-order valence-corrected chi connectivity index (χ1v) is 7.19. The Balaban J connectivity index is 2.34. The first kappa shape index (κ1) is 17.9. The fourth-order valence-electron chi connectivity index (χ4n) is 2.07. The van der Waals surface area contributed by atoms with Crippen LogP contribution in [0.2, 0.25) is 0 Å². The number of hydrogen-bond acceptors (Lipinski definition) is 9. The molecular formula is C14H17N7O4. The van der Waals surface area contributed by atoms with Gasteiger partial charge in [-0.2, -0.15) is 0 Å². The maximum absolute atomic E-state index is 11.6. The standard InChI is InChI=1S/C14H17N7O4/c15-13(23)9-3-12(21(24)25)11(17-1-2-22)4-10(9)18-5-8-6-19-14(16)20-7-8/h3-4,6-7,17-18,22H,1-2,5H2,(H2,15,23)(H2,16,19,20). The molecule has 0 atom stereocenters. The zero-order chi connectivity index (χ0) is 18.4. The van der Waals surface area contributed by atoms with Crippen molar-refractivity contribution in [2.75, 3.05) is 29.5 Å². The van der Waals surface area contributed by atoms with Crippen molar-refractivity contribution in [2.24, 2.45) is 5.73 Å². The molecule has 0 bridgehead atoms. The van der Waals surface area contributed by atoms with Crippen molar-refractivity contribution in [3.63, 3.8) is 0 Å². The number of nitrogens with zero attached hydrogens (tertiary/aromatic N) is 3. The van der Waals surface area contributed by atoms with Gasteiger partial charge in [-0.3, -0.25) is 14.9 Å². The number of anilines is 3. The van der Waals surface area contributed by atoms with Crippen molar-refractivity contribution < 1.29 is 14.8 Å². The molecule has 0 saturated heterocycles. The van der Waals surface area contributed by atoms with E-state index in [1.807, 2.05) is 0 Å². The van der Waals surface area contributed by atoms with Crippen LogP contribution >= 0.6 is 0 Å². The number of carbonyl (C=O) groups excluding carboxylic acids is 1. The second-order valence-corrected chi connectivity index (χ2v) is 4.99. The van der Waals surface area contributed by atoms with Crippen molar-refractivity contribution in [3.05, 3.63) is 45.8 Å². The number of nitrogens with two attached hydrogens (primary N) is 2. The number of aliphatic hydroxyl groups excluding tert-OH is 1. The highest BCUT2D eigenvalue weighted by molar-refractivity contribution is 6.00. The van der Waals surface area contributed by atoms with E-state index in [4.69, 9.17) is 16.6 Å². The molecule has 0 aliphatic heterocycles. The van der Waals surface area contributed by atoms with E-state index in [2.05, 4.69) is 20.6 Å². The summed E-state index contributed by atoms with van der Waals surface area (Å²) >= 11 is 0. The maximum atomic E-state index is 11.6. The molecule has 11 nitrogen and oxygen atoms in total. The Bertz CT molecular complexity index is 779. The molecule has 11 heteroatoms. The molecule has 2 rings (SSSR count). The van der Waals surface area contributed by atoms with Crippen LogP contribution in [0.4, 0.5) is 23.0 Å². The first-order valence-electron chi connectivity index (χ1n) is 7.19. The summed E-state index contributed by atoms with van der Waals surface area (Å²) < 4.78 is 0.